The molecule has 1 amide bonds. The van der Waals surface area contributed by atoms with Crippen molar-refractivity contribution >= 4 is 45.0 Å². The van der Waals surface area contributed by atoms with E-state index in [0.29, 0.717) is 25.9 Å². The highest BCUT2D eigenvalue weighted by Crippen LogP contribution is 2.23. The van der Waals surface area contributed by atoms with E-state index >= 15 is 0 Å². The molecule has 0 aliphatic heterocycles. The van der Waals surface area contributed by atoms with Crippen LogP contribution in [0.15, 0.2) is 35.2 Å². The quantitative estimate of drug-likeness (QED) is 0.881. The van der Waals surface area contributed by atoms with Gasteiger partial charge in [0, 0.05) is 18.0 Å². The van der Waals surface area contributed by atoms with Crippen LogP contribution in [0.3, 0.4) is 0 Å². The highest BCUT2D eigenvalue weighted by molar-refractivity contribution is 9.10. The molecule has 104 valence electrons. The Morgan fingerprint density at radius 3 is 2.60 bits per heavy atom. The highest BCUT2D eigenvalue weighted by atomic mass is 79.9. The van der Waals surface area contributed by atoms with E-state index in [-0.39, 0.29) is 11.9 Å². The Morgan fingerprint density at radius 1 is 1.25 bits per heavy atom. The number of nitrogens with zero attached hydrogens (tertiary/aromatic N) is 2. The van der Waals surface area contributed by atoms with Gasteiger partial charge < -0.3 is 5.32 Å². The summed E-state index contributed by atoms with van der Waals surface area (Å²) < 4.78 is 0.599. The molecule has 0 spiro atoms. The number of nitrogens with one attached hydrogen (secondary N) is 1. The Bertz CT molecular complexity index is 651. The van der Waals surface area contributed by atoms with E-state index in [1.165, 1.54) is 6.07 Å². The van der Waals surface area contributed by atoms with E-state index < -0.39 is 0 Å². The molecule has 0 saturated carbocycles. The van der Waals surface area contributed by atoms with Gasteiger partial charge in [-0.25, -0.2) is 4.98 Å². The third-order valence-corrected chi connectivity index (χ3v) is 3.97. The summed E-state index contributed by atoms with van der Waals surface area (Å²) in [7, 11) is 0. The molecular weight excluding hydrogens is 365 g/mol. The number of aromatic nitrogens is 2. The van der Waals surface area contributed by atoms with E-state index in [2.05, 4.69) is 31.2 Å². The molecular formula is C13H10BrCl2N3O. The summed E-state index contributed by atoms with van der Waals surface area (Å²) in [6.45, 7) is 1.82. The molecule has 4 nitrogen and oxygen atoms in total. The van der Waals surface area contributed by atoms with Crippen molar-refractivity contribution in [1.29, 1.82) is 0 Å². The van der Waals surface area contributed by atoms with Gasteiger partial charge in [0.15, 0.2) is 0 Å². The molecule has 1 atom stereocenters. The van der Waals surface area contributed by atoms with E-state index in [1.54, 1.807) is 24.5 Å². The zero-order valence-electron chi connectivity index (χ0n) is 10.4. The molecule has 0 aliphatic rings. The largest absolute Gasteiger partial charge is 0.344 e. The molecule has 1 unspecified atom stereocenters. The van der Waals surface area contributed by atoms with Crippen LogP contribution < -0.4 is 5.32 Å². The summed E-state index contributed by atoms with van der Waals surface area (Å²) in [5.74, 6) is -0.256. The zero-order valence-corrected chi connectivity index (χ0v) is 13.5. The molecule has 0 radical (unpaired) electrons. The predicted molar refractivity (Wildman–Crippen MR) is 82.1 cm³/mol. The van der Waals surface area contributed by atoms with Crippen LogP contribution in [-0.4, -0.2) is 15.9 Å². The van der Waals surface area contributed by atoms with Crippen LogP contribution in [0.5, 0.6) is 0 Å². The number of carbonyl (C=O) groups is 1. The van der Waals surface area contributed by atoms with Crippen molar-refractivity contribution < 1.29 is 4.79 Å². The minimum atomic E-state index is -0.292. The lowest BCUT2D eigenvalue weighted by atomic mass is 10.2. The Balaban J connectivity index is 2.15. The van der Waals surface area contributed by atoms with Gasteiger partial charge in [-0.05, 0) is 41.1 Å². The van der Waals surface area contributed by atoms with Crippen molar-refractivity contribution in [3.05, 3.63) is 56.5 Å². The Kier molecular flexibility index (Phi) is 4.96. The molecule has 0 fully saturated rings. The zero-order chi connectivity index (χ0) is 14.7. The number of rotatable bonds is 3. The van der Waals surface area contributed by atoms with Crippen molar-refractivity contribution in [2.75, 3.05) is 0 Å². The maximum atomic E-state index is 12.1. The number of hydrogen-bond donors (Lipinski definition) is 1. The number of hydrogen-bond acceptors (Lipinski definition) is 3. The maximum Gasteiger partial charge on any atom is 0.251 e. The lowest BCUT2D eigenvalue weighted by Crippen LogP contribution is -2.27. The monoisotopic (exact) mass is 373 g/mol. The molecule has 2 aromatic rings. The molecule has 7 heteroatoms. The van der Waals surface area contributed by atoms with E-state index in [9.17, 15) is 4.79 Å². The number of benzene rings is 1. The van der Waals surface area contributed by atoms with Crippen molar-refractivity contribution in [2.45, 2.75) is 13.0 Å². The fraction of sp³-hybridized carbons (Fsp3) is 0.154. The van der Waals surface area contributed by atoms with Crippen molar-refractivity contribution in [3.8, 4) is 0 Å². The van der Waals surface area contributed by atoms with Gasteiger partial charge in [-0.3, -0.25) is 9.78 Å². The van der Waals surface area contributed by atoms with E-state index in [1.807, 2.05) is 6.92 Å². The minimum absolute atomic E-state index is 0.256. The first-order chi connectivity index (χ1) is 9.49. The van der Waals surface area contributed by atoms with E-state index in [4.69, 9.17) is 23.2 Å². The Labute approximate surface area is 134 Å². The van der Waals surface area contributed by atoms with E-state index in [0.717, 1.165) is 0 Å². The molecule has 0 bridgehead atoms. The van der Waals surface area contributed by atoms with Gasteiger partial charge in [-0.15, -0.1) is 0 Å². The molecule has 0 saturated heterocycles. The van der Waals surface area contributed by atoms with Gasteiger partial charge in [0.1, 0.15) is 4.60 Å². The first-order valence-electron chi connectivity index (χ1n) is 5.71. The van der Waals surface area contributed by atoms with Gasteiger partial charge >= 0.3 is 0 Å². The second-order valence-electron chi connectivity index (χ2n) is 4.06. The predicted octanol–water partition coefficient (Wildman–Crippen LogP) is 4.04. The summed E-state index contributed by atoms with van der Waals surface area (Å²) >= 11 is 15.0. The molecule has 1 aromatic carbocycles. The first kappa shape index (κ1) is 15.2. The number of amides is 1. The van der Waals surface area contributed by atoms with Crippen LogP contribution in [0.2, 0.25) is 10.0 Å². The van der Waals surface area contributed by atoms with Crippen LogP contribution in [0.25, 0.3) is 0 Å². The average molecular weight is 375 g/mol. The second kappa shape index (κ2) is 6.52. The van der Waals surface area contributed by atoms with Crippen LogP contribution in [-0.2, 0) is 0 Å². The van der Waals surface area contributed by atoms with Crippen molar-refractivity contribution in [3.63, 3.8) is 0 Å². The maximum absolute atomic E-state index is 12.1. The fourth-order valence-corrected chi connectivity index (χ4v) is 2.47. The molecule has 1 heterocycles. The third kappa shape index (κ3) is 3.48. The molecule has 1 N–H and O–H groups in total. The van der Waals surface area contributed by atoms with Gasteiger partial charge in [-0.2, -0.15) is 0 Å². The topological polar surface area (TPSA) is 54.9 Å². The fourth-order valence-electron chi connectivity index (χ4n) is 1.61. The lowest BCUT2D eigenvalue weighted by Gasteiger charge is -2.14. The normalized spacial score (nSPS) is 12.0. The summed E-state index contributed by atoms with van der Waals surface area (Å²) in [5.41, 5.74) is 1.09. The average Bonchev–Trinajstić information content (AvgIpc) is 2.42. The SMILES string of the molecule is CC(NC(=O)c1ccc(Cl)c(Cl)c1)c1nccnc1Br. The highest BCUT2D eigenvalue weighted by Gasteiger charge is 2.16. The lowest BCUT2D eigenvalue weighted by molar-refractivity contribution is 0.0939. The minimum Gasteiger partial charge on any atom is -0.344 e. The Morgan fingerprint density at radius 2 is 1.95 bits per heavy atom. The smallest absolute Gasteiger partial charge is 0.251 e. The summed E-state index contributed by atoms with van der Waals surface area (Å²) in [4.78, 5) is 20.4. The number of halogens is 3. The van der Waals surface area contributed by atoms with Crippen LogP contribution in [0.1, 0.15) is 29.0 Å². The standard InChI is InChI=1S/C13H10BrCl2N3O/c1-7(11-12(14)18-5-4-17-11)19-13(20)8-2-3-9(15)10(16)6-8/h2-7H,1H3,(H,19,20). The van der Waals surface area contributed by atoms with Crippen LogP contribution in [0, 0.1) is 0 Å². The van der Waals surface area contributed by atoms with Gasteiger partial charge in [-0.1, -0.05) is 23.2 Å². The summed E-state index contributed by atoms with van der Waals surface area (Å²) in [6.07, 6.45) is 3.14. The summed E-state index contributed by atoms with van der Waals surface area (Å²) in [6, 6.07) is 4.43. The molecule has 20 heavy (non-hydrogen) atoms. The first-order valence-corrected chi connectivity index (χ1v) is 7.26. The molecule has 0 aliphatic carbocycles. The van der Waals surface area contributed by atoms with Crippen LogP contribution >= 0.6 is 39.1 Å². The van der Waals surface area contributed by atoms with Crippen molar-refractivity contribution in [2.24, 2.45) is 0 Å². The van der Waals surface area contributed by atoms with Gasteiger partial charge in [0.25, 0.3) is 5.91 Å². The number of carbonyl (C=O) groups excluding carboxylic acids is 1. The third-order valence-electron chi connectivity index (χ3n) is 2.62. The van der Waals surface area contributed by atoms with Gasteiger partial charge in [0.05, 0.1) is 21.8 Å². The molecule has 1 aromatic heterocycles. The Hall–Kier alpha value is -1.17. The summed E-state index contributed by atoms with van der Waals surface area (Å²) in [5, 5.41) is 3.58. The second-order valence-corrected chi connectivity index (χ2v) is 5.62. The van der Waals surface area contributed by atoms with Gasteiger partial charge in [0.2, 0.25) is 0 Å². The van der Waals surface area contributed by atoms with Crippen molar-refractivity contribution in [1.82, 2.24) is 15.3 Å². The van der Waals surface area contributed by atoms with Crippen LogP contribution in [0.4, 0.5) is 0 Å². The molecule has 2 rings (SSSR count).